The maximum Gasteiger partial charge on any atom is 0.472 e. The molecular formula is C68H132O17P2. The highest BCUT2D eigenvalue weighted by atomic mass is 31.2. The van der Waals surface area contributed by atoms with E-state index in [-0.39, 0.29) is 25.7 Å². The van der Waals surface area contributed by atoms with Crippen molar-refractivity contribution in [3.8, 4) is 0 Å². The zero-order valence-electron chi connectivity index (χ0n) is 56.0. The Morgan fingerprint density at radius 1 is 0.276 bits per heavy atom. The largest absolute Gasteiger partial charge is 0.472 e. The predicted molar refractivity (Wildman–Crippen MR) is 349 cm³/mol. The third-order valence-electron chi connectivity index (χ3n) is 15.9. The van der Waals surface area contributed by atoms with E-state index >= 15 is 0 Å². The molecule has 0 spiro atoms. The van der Waals surface area contributed by atoms with Gasteiger partial charge in [-0.25, -0.2) is 9.13 Å². The number of carbonyl (C=O) groups is 4. The molecule has 19 heteroatoms. The minimum absolute atomic E-state index is 0.107. The molecule has 0 heterocycles. The Hall–Kier alpha value is -1.94. The topological polar surface area (TPSA) is 237 Å². The molecule has 0 aliphatic heterocycles. The van der Waals surface area contributed by atoms with Crippen LogP contribution in [-0.2, 0) is 65.4 Å². The first-order valence-electron chi connectivity index (χ1n) is 35.8. The van der Waals surface area contributed by atoms with E-state index < -0.39 is 97.5 Å². The molecule has 0 aromatic rings. The first-order chi connectivity index (χ1) is 42.2. The number of unbranched alkanes of at least 4 members (excludes halogenated alkanes) is 43. The molecule has 87 heavy (non-hydrogen) atoms. The highest BCUT2D eigenvalue weighted by Crippen LogP contribution is 2.45. The fourth-order valence-corrected chi connectivity index (χ4v) is 11.9. The van der Waals surface area contributed by atoms with Gasteiger partial charge in [-0.15, -0.1) is 0 Å². The highest BCUT2D eigenvalue weighted by Gasteiger charge is 2.30. The van der Waals surface area contributed by atoms with Crippen LogP contribution >= 0.6 is 15.6 Å². The van der Waals surface area contributed by atoms with Crippen LogP contribution in [0.4, 0.5) is 0 Å². The van der Waals surface area contributed by atoms with Crippen molar-refractivity contribution in [3.63, 3.8) is 0 Å². The predicted octanol–water partition coefficient (Wildman–Crippen LogP) is 19.5. The average molecular weight is 1280 g/mol. The number of rotatable bonds is 69. The molecule has 0 aliphatic rings. The van der Waals surface area contributed by atoms with Gasteiger partial charge >= 0.3 is 39.5 Å². The Kier molecular flexibility index (Phi) is 61.4. The molecule has 17 nitrogen and oxygen atoms in total. The summed E-state index contributed by atoms with van der Waals surface area (Å²) in [6.45, 7) is 4.85. The first kappa shape index (κ1) is 85.1. The number of carbonyl (C=O) groups excluding carboxylic acids is 4. The van der Waals surface area contributed by atoms with E-state index in [0.29, 0.717) is 25.7 Å². The van der Waals surface area contributed by atoms with E-state index in [1.165, 1.54) is 180 Å². The van der Waals surface area contributed by atoms with Crippen LogP contribution < -0.4 is 0 Å². The third kappa shape index (κ3) is 62.6. The van der Waals surface area contributed by atoms with Gasteiger partial charge in [-0.3, -0.25) is 37.3 Å². The Balaban J connectivity index is 5.16. The zero-order chi connectivity index (χ0) is 64.0. The van der Waals surface area contributed by atoms with Gasteiger partial charge in [0.25, 0.3) is 0 Å². The van der Waals surface area contributed by atoms with Gasteiger partial charge in [-0.2, -0.15) is 0 Å². The molecule has 0 amide bonds. The summed E-state index contributed by atoms with van der Waals surface area (Å²) in [5, 5.41) is 10.5. The van der Waals surface area contributed by atoms with Gasteiger partial charge in [-0.05, 0) is 25.7 Å². The summed E-state index contributed by atoms with van der Waals surface area (Å²) in [5.74, 6) is -2.13. The maximum absolute atomic E-state index is 13.0. The quantitative estimate of drug-likeness (QED) is 0.0222. The summed E-state index contributed by atoms with van der Waals surface area (Å²) < 4.78 is 68.0. The molecule has 0 aromatic carbocycles. The van der Waals surface area contributed by atoms with Gasteiger partial charge in [0.1, 0.15) is 19.3 Å². The number of aliphatic hydroxyl groups excluding tert-OH is 1. The summed E-state index contributed by atoms with van der Waals surface area (Å²) >= 11 is 0. The third-order valence-corrected chi connectivity index (χ3v) is 17.8. The van der Waals surface area contributed by atoms with Gasteiger partial charge in [0, 0.05) is 25.7 Å². The van der Waals surface area contributed by atoms with Gasteiger partial charge in [0.15, 0.2) is 12.2 Å². The monoisotopic (exact) mass is 1280 g/mol. The van der Waals surface area contributed by atoms with E-state index in [0.717, 1.165) is 96.3 Å². The first-order valence-corrected chi connectivity index (χ1v) is 38.8. The van der Waals surface area contributed by atoms with Gasteiger partial charge in [0.05, 0.1) is 26.4 Å². The maximum atomic E-state index is 13.0. The molecule has 3 N–H and O–H groups in total. The number of hydrogen-bond donors (Lipinski definition) is 3. The Morgan fingerprint density at radius 3 is 0.678 bits per heavy atom. The van der Waals surface area contributed by atoms with E-state index in [9.17, 15) is 43.2 Å². The second kappa shape index (κ2) is 62.8. The van der Waals surface area contributed by atoms with Gasteiger partial charge < -0.3 is 33.8 Å². The normalized spacial score (nSPS) is 14.1. The van der Waals surface area contributed by atoms with Crippen LogP contribution in [0.5, 0.6) is 0 Å². The minimum atomic E-state index is -4.95. The van der Waals surface area contributed by atoms with Crippen LogP contribution in [0.15, 0.2) is 0 Å². The molecule has 516 valence electrons. The number of esters is 4. The van der Waals surface area contributed by atoms with Crippen molar-refractivity contribution in [1.82, 2.24) is 0 Å². The lowest BCUT2D eigenvalue weighted by molar-refractivity contribution is -0.161. The number of hydrogen-bond acceptors (Lipinski definition) is 15. The second-order valence-corrected chi connectivity index (χ2v) is 27.5. The molecule has 0 saturated carbocycles. The lowest BCUT2D eigenvalue weighted by atomic mass is 10.0. The van der Waals surface area contributed by atoms with Crippen LogP contribution in [0, 0.1) is 0 Å². The Bertz CT molecular complexity index is 1670. The summed E-state index contributed by atoms with van der Waals surface area (Å²) in [5.41, 5.74) is 0. The van der Waals surface area contributed by atoms with Crippen LogP contribution in [0.1, 0.15) is 355 Å². The molecule has 0 rings (SSSR count). The molecule has 0 fully saturated rings. The smallest absolute Gasteiger partial charge is 0.462 e. The average Bonchev–Trinajstić information content (AvgIpc) is 3.57. The van der Waals surface area contributed by atoms with Crippen molar-refractivity contribution in [2.75, 3.05) is 39.6 Å². The van der Waals surface area contributed by atoms with Crippen molar-refractivity contribution in [2.24, 2.45) is 0 Å². The van der Waals surface area contributed by atoms with Crippen molar-refractivity contribution in [3.05, 3.63) is 0 Å². The van der Waals surface area contributed by atoms with Crippen LogP contribution in [0.25, 0.3) is 0 Å². The molecule has 0 radical (unpaired) electrons. The Labute approximate surface area is 530 Å². The zero-order valence-corrected chi connectivity index (χ0v) is 57.8. The van der Waals surface area contributed by atoms with E-state index in [2.05, 4.69) is 27.7 Å². The van der Waals surface area contributed by atoms with E-state index in [1.807, 2.05) is 0 Å². The van der Waals surface area contributed by atoms with Crippen LogP contribution in [0.2, 0.25) is 0 Å². The second-order valence-electron chi connectivity index (χ2n) is 24.6. The standard InChI is InChI=1S/C68H132O17P2/c1-5-9-13-17-20-23-26-29-30-31-34-37-40-43-47-51-55-68(73)85-64(59-79-66(71)53-49-45-41-38-35-32-27-24-21-18-14-10-6-2)61-83-87(76,77)81-57-62(69)56-80-86(74,75)82-60-63(58-78-65(70)52-48-44-16-12-8-4)84-67(72)54-50-46-42-39-36-33-28-25-22-19-15-11-7-3/h62-64,69H,5-61H2,1-4H3,(H,74,75)(H,76,77)/t62-,63+,64+/m0/s1. The van der Waals surface area contributed by atoms with Gasteiger partial charge in [0.2, 0.25) is 0 Å². The lowest BCUT2D eigenvalue weighted by Gasteiger charge is -2.21. The fourth-order valence-electron chi connectivity index (χ4n) is 10.3. The highest BCUT2D eigenvalue weighted by molar-refractivity contribution is 7.47. The fraction of sp³-hybridized carbons (Fsp3) is 0.941. The molecular weight excluding hydrogens is 1150 g/mol. The number of phosphoric ester groups is 2. The number of phosphoric acid groups is 2. The van der Waals surface area contributed by atoms with Crippen molar-refractivity contribution in [2.45, 2.75) is 373 Å². The van der Waals surface area contributed by atoms with E-state index in [4.69, 9.17) is 37.0 Å². The molecule has 5 atom stereocenters. The molecule has 0 aliphatic carbocycles. The molecule has 0 bridgehead atoms. The number of ether oxygens (including phenoxy) is 4. The number of aliphatic hydroxyl groups is 1. The van der Waals surface area contributed by atoms with Crippen molar-refractivity contribution >= 4 is 39.5 Å². The lowest BCUT2D eigenvalue weighted by Crippen LogP contribution is -2.30. The molecule has 2 unspecified atom stereocenters. The summed E-state index contributed by atoms with van der Waals surface area (Å²) in [7, 11) is -9.88. The summed E-state index contributed by atoms with van der Waals surface area (Å²) in [4.78, 5) is 72.2. The van der Waals surface area contributed by atoms with Crippen LogP contribution in [0.3, 0.4) is 0 Å². The molecule has 0 aromatic heterocycles. The SMILES string of the molecule is CCCCCCCCCCCCCCCCCCC(=O)O[C@H](COC(=O)CCCCCCCCCCCCCCC)COP(=O)(O)OC[C@@H](O)COP(=O)(O)OC[C@@H](COC(=O)CCCCCCC)OC(=O)CCCCCCCCCCCCCCC. The van der Waals surface area contributed by atoms with Crippen molar-refractivity contribution in [1.29, 1.82) is 0 Å². The van der Waals surface area contributed by atoms with E-state index in [1.54, 1.807) is 0 Å². The Morgan fingerprint density at radius 2 is 0.460 bits per heavy atom. The molecule has 0 saturated heterocycles. The minimum Gasteiger partial charge on any atom is -0.462 e. The van der Waals surface area contributed by atoms with Crippen LogP contribution in [-0.4, -0.2) is 96.7 Å². The van der Waals surface area contributed by atoms with Gasteiger partial charge in [-0.1, -0.05) is 304 Å². The summed E-state index contributed by atoms with van der Waals surface area (Å²) in [6, 6.07) is 0. The summed E-state index contributed by atoms with van der Waals surface area (Å²) in [6.07, 6.45) is 50.2. The van der Waals surface area contributed by atoms with Crippen molar-refractivity contribution < 1.29 is 80.2 Å².